The van der Waals surface area contributed by atoms with Crippen molar-refractivity contribution < 1.29 is 27.2 Å². The van der Waals surface area contributed by atoms with Crippen molar-refractivity contribution in [2.24, 2.45) is 0 Å². The summed E-state index contributed by atoms with van der Waals surface area (Å²) in [6.07, 6.45) is 2.65. The van der Waals surface area contributed by atoms with Crippen LogP contribution in [0.4, 0.5) is 0 Å². The minimum absolute atomic E-state index is 0.0935. The van der Waals surface area contributed by atoms with E-state index in [1.54, 1.807) is 29.8 Å². The van der Waals surface area contributed by atoms with Crippen LogP contribution in [0.2, 0.25) is 0 Å². The van der Waals surface area contributed by atoms with Gasteiger partial charge in [-0.2, -0.15) is 4.52 Å². The number of amides is 1. The molecule has 6 rings (SSSR count). The van der Waals surface area contributed by atoms with E-state index in [0.717, 1.165) is 10.8 Å². The van der Waals surface area contributed by atoms with Crippen LogP contribution in [0.15, 0.2) is 53.2 Å². The summed E-state index contributed by atoms with van der Waals surface area (Å²) in [7, 11) is -1.59. The van der Waals surface area contributed by atoms with E-state index in [2.05, 4.69) is 25.4 Å². The highest BCUT2D eigenvalue weighted by molar-refractivity contribution is 7.91. The van der Waals surface area contributed by atoms with Crippen LogP contribution < -0.4 is 4.74 Å². The second-order valence-corrected chi connectivity index (χ2v) is 11.5. The number of aromatic nitrogens is 6. The van der Waals surface area contributed by atoms with Crippen molar-refractivity contribution in [2.45, 2.75) is 18.5 Å². The average molecular weight is 550 g/mol. The number of nitrogens with zero attached hydrogens (tertiary/aromatic N) is 7. The summed E-state index contributed by atoms with van der Waals surface area (Å²) in [5, 5.41) is 18.3. The number of benzene rings is 1. The molecule has 1 aliphatic heterocycles. The number of carbonyl (C=O) groups excluding carboxylic acids is 1. The highest BCUT2D eigenvalue weighted by atomic mass is 32.2. The summed E-state index contributed by atoms with van der Waals surface area (Å²) < 4.78 is 41.2. The van der Waals surface area contributed by atoms with Gasteiger partial charge in [-0.05, 0) is 18.2 Å². The molecule has 4 aromatic heterocycles. The number of rotatable bonds is 8. The van der Waals surface area contributed by atoms with Crippen LogP contribution in [0.3, 0.4) is 0 Å². The van der Waals surface area contributed by atoms with Crippen LogP contribution >= 0.6 is 0 Å². The van der Waals surface area contributed by atoms with Crippen molar-refractivity contribution in [3.8, 4) is 17.4 Å². The van der Waals surface area contributed by atoms with Gasteiger partial charge in [0.1, 0.15) is 13.2 Å². The number of carbonyl (C=O) groups is 1. The van der Waals surface area contributed by atoms with E-state index in [4.69, 9.17) is 14.0 Å². The lowest BCUT2D eigenvalue weighted by Gasteiger charge is -2.37. The molecule has 0 aliphatic carbocycles. The predicted molar refractivity (Wildman–Crippen MR) is 138 cm³/mol. The third-order valence-electron chi connectivity index (χ3n) is 6.47. The van der Waals surface area contributed by atoms with E-state index >= 15 is 0 Å². The Morgan fingerprint density at radius 2 is 1.90 bits per heavy atom. The Bertz CT molecular complexity index is 1790. The smallest absolute Gasteiger partial charge is 0.255 e. The van der Waals surface area contributed by atoms with Gasteiger partial charge in [-0.25, -0.2) is 8.42 Å². The largest absolute Gasteiger partial charge is 0.470 e. The Morgan fingerprint density at radius 1 is 1.10 bits per heavy atom. The van der Waals surface area contributed by atoms with Crippen LogP contribution in [0.1, 0.15) is 21.8 Å². The van der Waals surface area contributed by atoms with Crippen LogP contribution in [0.25, 0.3) is 27.9 Å². The molecule has 1 amide bonds. The molecule has 0 N–H and O–H groups in total. The molecular formula is C25H23N7O6S. The fourth-order valence-electron chi connectivity index (χ4n) is 4.28. The van der Waals surface area contributed by atoms with Crippen LogP contribution in [0.5, 0.6) is 5.88 Å². The molecular weight excluding hydrogens is 526 g/mol. The second kappa shape index (κ2) is 9.71. The van der Waals surface area contributed by atoms with Gasteiger partial charge in [0.15, 0.2) is 26.9 Å². The first-order valence-electron chi connectivity index (χ1n) is 12.0. The Morgan fingerprint density at radius 3 is 2.62 bits per heavy atom. The van der Waals surface area contributed by atoms with Crippen molar-refractivity contribution >= 4 is 32.2 Å². The monoisotopic (exact) mass is 549 g/mol. The molecule has 0 unspecified atom stereocenters. The minimum Gasteiger partial charge on any atom is -0.470 e. The lowest BCUT2D eigenvalue weighted by molar-refractivity contribution is 0.0658. The summed E-state index contributed by atoms with van der Waals surface area (Å²) >= 11 is 0. The molecule has 13 nitrogen and oxygen atoms in total. The Kier molecular flexibility index (Phi) is 6.19. The van der Waals surface area contributed by atoms with Gasteiger partial charge in [-0.1, -0.05) is 23.4 Å². The van der Waals surface area contributed by atoms with Gasteiger partial charge in [0.05, 0.1) is 16.5 Å². The molecule has 1 aromatic carbocycles. The van der Waals surface area contributed by atoms with Gasteiger partial charge in [-0.3, -0.25) is 9.78 Å². The number of ether oxygens (including phenoxy) is 2. The minimum atomic E-state index is -3.16. The first-order chi connectivity index (χ1) is 18.8. The van der Waals surface area contributed by atoms with Gasteiger partial charge in [0, 0.05) is 49.5 Å². The maximum Gasteiger partial charge on any atom is 0.255 e. The standard InChI is InChI=1S/C25H23N7O6S/c1-36-14-17-9-21(30-38-17)23-28-27-22-19-5-3-4-6-20(19)24(29-32(22)23)37-13-16-8-7-15(10-26-16)25(33)31-11-18(12-31)39(2,34)35/h3-10,18H,11-14H2,1-2H3. The molecule has 0 spiro atoms. The molecule has 1 saturated heterocycles. The van der Waals surface area contributed by atoms with Crippen LogP contribution in [0, 0.1) is 0 Å². The first-order valence-corrected chi connectivity index (χ1v) is 13.9. The van der Waals surface area contributed by atoms with Crippen molar-refractivity contribution in [3.63, 3.8) is 0 Å². The summed E-state index contributed by atoms with van der Waals surface area (Å²) in [6.45, 7) is 0.745. The van der Waals surface area contributed by atoms with Crippen LogP contribution in [-0.4, -0.2) is 80.9 Å². The Labute approximate surface area is 222 Å². The summed E-state index contributed by atoms with van der Waals surface area (Å²) in [4.78, 5) is 18.5. The molecule has 39 heavy (non-hydrogen) atoms. The number of likely N-dealkylation sites (tertiary alicyclic amines) is 1. The number of fused-ring (bicyclic) bond motifs is 3. The highest BCUT2D eigenvalue weighted by Gasteiger charge is 2.37. The summed E-state index contributed by atoms with van der Waals surface area (Å²) in [5.74, 6) is 1.01. The van der Waals surface area contributed by atoms with Crippen molar-refractivity contribution in [3.05, 3.63) is 65.7 Å². The summed E-state index contributed by atoms with van der Waals surface area (Å²) in [6, 6.07) is 12.6. The third-order valence-corrected chi connectivity index (χ3v) is 7.98. The molecule has 14 heteroatoms. The quantitative estimate of drug-likeness (QED) is 0.279. The topological polar surface area (TPSA) is 155 Å². The Hall–Kier alpha value is -4.43. The lowest BCUT2D eigenvalue weighted by atomic mass is 10.1. The zero-order valence-electron chi connectivity index (χ0n) is 21.0. The zero-order chi connectivity index (χ0) is 27.1. The maximum atomic E-state index is 12.6. The number of pyridine rings is 1. The molecule has 5 aromatic rings. The molecule has 1 aliphatic rings. The lowest BCUT2D eigenvalue weighted by Crippen LogP contribution is -2.56. The van der Waals surface area contributed by atoms with E-state index < -0.39 is 15.1 Å². The number of methoxy groups -OCH3 is 1. The molecule has 0 saturated carbocycles. The third kappa shape index (κ3) is 4.68. The van der Waals surface area contributed by atoms with Gasteiger partial charge in [0.2, 0.25) is 11.7 Å². The molecule has 0 atom stereocenters. The van der Waals surface area contributed by atoms with Crippen molar-refractivity contribution in [1.29, 1.82) is 0 Å². The Balaban J connectivity index is 1.23. The second-order valence-electron chi connectivity index (χ2n) is 9.21. The number of sulfone groups is 1. The maximum absolute atomic E-state index is 12.6. The van der Waals surface area contributed by atoms with Gasteiger partial charge < -0.3 is 18.9 Å². The van der Waals surface area contributed by atoms with Crippen molar-refractivity contribution in [2.75, 3.05) is 26.5 Å². The highest BCUT2D eigenvalue weighted by Crippen LogP contribution is 2.29. The summed E-state index contributed by atoms with van der Waals surface area (Å²) in [5.41, 5.74) is 1.95. The van der Waals surface area contributed by atoms with Crippen LogP contribution in [-0.2, 0) is 27.8 Å². The fourth-order valence-corrected chi connectivity index (χ4v) is 5.18. The molecule has 5 heterocycles. The first kappa shape index (κ1) is 24.9. The van der Waals surface area contributed by atoms with Gasteiger partial charge in [0.25, 0.3) is 5.91 Å². The SMILES string of the molecule is COCc1cc(-c2nnc3c4ccccc4c(OCc4ccc(C(=O)N5CC(S(C)(=O)=O)C5)cn4)nn23)no1. The molecule has 1 fully saturated rings. The molecule has 0 radical (unpaired) electrons. The van der Waals surface area contributed by atoms with E-state index in [1.165, 1.54) is 17.4 Å². The predicted octanol–water partition coefficient (Wildman–Crippen LogP) is 1.92. The zero-order valence-corrected chi connectivity index (χ0v) is 21.8. The number of hydrogen-bond donors (Lipinski definition) is 0. The molecule has 200 valence electrons. The van der Waals surface area contributed by atoms with E-state index in [1.807, 2.05) is 24.3 Å². The average Bonchev–Trinajstić information content (AvgIpc) is 3.53. The van der Waals surface area contributed by atoms with E-state index in [9.17, 15) is 13.2 Å². The van der Waals surface area contributed by atoms with Gasteiger partial charge in [-0.15, -0.1) is 15.3 Å². The normalized spacial score (nSPS) is 14.2. The van der Waals surface area contributed by atoms with E-state index in [0.29, 0.717) is 40.1 Å². The van der Waals surface area contributed by atoms with Gasteiger partial charge >= 0.3 is 0 Å². The number of hydrogen-bond acceptors (Lipinski definition) is 11. The van der Waals surface area contributed by atoms with E-state index in [-0.39, 0.29) is 32.2 Å². The molecule has 0 bridgehead atoms. The van der Waals surface area contributed by atoms with Crippen molar-refractivity contribution in [1.82, 2.24) is 34.9 Å². The fraction of sp³-hybridized carbons (Fsp3) is 0.280.